The number of hydrogen-bond acceptors (Lipinski definition) is 2. The lowest BCUT2D eigenvalue weighted by molar-refractivity contribution is -0.143. The van der Waals surface area contributed by atoms with Crippen LogP contribution in [0, 0.1) is 17.8 Å². The number of methoxy groups -OCH3 is 1. The average Bonchev–Trinajstić information content (AvgIpc) is 2.18. The third kappa shape index (κ3) is 2.48. The van der Waals surface area contributed by atoms with Crippen LogP contribution < -0.4 is 0 Å². The molecule has 0 fully saturated rings. The number of carbonyl (C=O) groups excluding carboxylic acids is 1. The maximum absolute atomic E-state index is 11.1. The SMILES string of the molecule is CC#CC1=CCC(C(=O)OC)C=C1. The van der Waals surface area contributed by atoms with E-state index in [1.54, 1.807) is 6.92 Å². The van der Waals surface area contributed by atoms with Crippen molar-refractivity contribution in [2.45, 2.75) is 13.3 Å². The molecule has 1 rings (SSSR count). The highest BCUT2D eigenvalue weighted by Gasteiger charge is 2.16. The topological polar surface area (TPSA) is 26.3 Å². The molecular formula is C11H12O2. The van der Waals surface area contributed by atoms with Crippen LogP contribution in [0.1, 0.15) is 13.3 Å². The van der Waals surface area contributed by atoms with Crippen molar-refractivity contribution in [2.75, 3.05) is 7.11 Å². The third-order valence-electron chi connectivity index (χ3n) is 1.87. The van der Waals surface area contributed by atoms with Gasteiger partial charge in [-0.2, -0.15) is 0 Å². The lowest BCUT2D eigenvalue weighted by atomic mass is 9.97. The van der Waals surface area contributed by atoms with E-state index in [0.717, 1.165) is 5.57 Å². The van der Waals surface area contributed by atoms with Gasteiger partial charge in [0, 0.05) is 5.57 Å². The number of carbonyl (C=O) groups is 1. The number of esters is 1. The van der Waals surface area contributed by atoms with E-state index in [2.05, 4.69) is 16.6 Å². The Balaban J connectivity index is 2.61. The first kappa shape index (κ1) is 9.60. The summed E-state index contributed by atoms with van der Waals surface area (Å²) < 4.78 is 4.63. The largest absolute Gasteiger partial charge is 0.469 e. The summed E-state index contributed by atoms with van der Waals surface area (Å²) in [6.07, 6.45) is 6.35. The predicted molar refractivity (Wildman–Crippen MR) is 50.8 cm³/mol. The second-order valence-corrected chi connectivity index (χ2v) is 2.76. The van der Waals surface area contributed by atoms with Gasteiger partial charge >= 0.3 is 5.97 Å². The molecule has 0 aromatic heterocycles. The van der Waals surface area contributed by atoms with Crippen LogP contribution in [0.2, 0.25) is 0 Å². The van der Waals surface area contributed by atoms with E-state index < -0.39 is 0 Å². The fraction of sp³-hybridized carbons (Fsp3) is 0.364. The molecule has 1 atom stereocenters. The Hall–Kier alpha value is -1.49. The Morgan fingerprint density at radius 1 is 1.69 bits per heavy atom. The Kier molecular flexibility index (Phi) is 3.33. The summed E-state index contributed by atoms with van der Waals surface area (Å²) in [5.41, 5.74) is 0.975. The average molecular weight is 176 g/mol. The Morgan fingerprint density at radius 2 is 2.46 bits per heavy atom. The molecule has 13 heavy (non-hydrogen) atoms. The number of allylic oxidation sites excluding steroid dienone is 3. The highest BCUT2D eigenvalue weighted by atomic mass is 16.5. The fourth-order valence-corrected chi connectivity index (χ4v) is 1.18. The molecule has 0 aromatic rings. The molecule has 0 spiro atoms. The van der Waals surface area contributed by atoms with Crippen LogP contribution in [-0.4, -0.2) is 13.1 Å². The molecule has 0 radical (unpaired) electrons. The molecular weight excluding hydrogens is 164 g/mol. The maximum atomic E-state index is 11.1. The number of rotatable bonds is 1. The summed E-state index contributed by atoms with van der Waals surface area (Å²) >= 11 is 0. The van der Waals surface area contributed by atoms with Gasteiger partial charge in [-0.1, -0.05) is 18.1 Å². The summed E-state index contributed by atoms with van der Waals surface area (Å²) in [5, 5.41) is 0. The minimum Gasteiger partial charge on any atom is -0.469 e. The van der Waals surface area contributed by atoms with Gasteiger partial charge in [-0.25, -0.2) is 0 Å². The van der Waals surface area contributed by atoms with Crippen LogP contribution >= 0.6 is 0 Å². The van der Waals surface area contributed by atoms with Gasteiger partial charge in [0.15, 0.2) is 0 Å². The molecule has 0 N–H and O–H groups in total. The first-order valence-corrected chi connectivity index (χ1v) is 4.17. The van der Waals surface area contributed by atoms with E-state index in [9.17, 15) is 4.79 Å². The molecule has 2 nitrogen and oxygen atoms in total. The zero-order chi connectivity index (χ0) is 9.68. The van der Waals surface area contributed by atoms with Crippen LogP contribution in [0.3, 0.4) is 0 Å². The molecule has 2 heteroatoms. The molecule has 1 aliphatic carbocycles. The standard InChI is InChI=1S/C11H12O2/c1-3-4-9-5-7-10(8-6-9)11(12)13-2/h5-7,10H,8H2,1-2H3. The lowest BCUT2D eigenvalue weighted by Gasteiger charge is -2.11. The third-order valence-corrected chi connectivity index (χ3v) is 1.87. The first-order chi connectivity index (χ1) is 6.27. The van der Waals surface area contributed by atoms with Gasteiger partial charge in [-0.15, -0.1) is 5.92 Å². The fourth-order valence-electron chi connectivity index (χ4n) is 1.18. The van der Waals surface area contributed by atoms with Crippen LogP contribution in [0.15, 0.2) is 23.8 Å². The first-order valence-electron chi connectivity index (χ1n) is 4.17. The van der Waals surface area contributed by atoms with Gasteiger partial charge in [0.05, 0.1) is 13.0 Å². The Bertz CT molecular complexity index is 313. The molecule has 0 heterocycles. The van der Waals surface area contributed by atoms with E-state index in [1.165, 1.54) is 7.11 Å². The quantitative estimate of drug-likeness (QED) is 0.449. The Morgan fingerprint density at radius 3 is 2.92 bits per heavy atom. The van der Waals surface area contributed by atoms with Gasteiger partial charge in [0.2, 0.25) is 0 Å². The number of hydrogen-bond donors (Lipinski definition) is 0. The summed E-state index contributed by atoms with van der Waals surface area (Å²) in [6.45, 7) is 1.79. The second-order valence-electron chi connectivity index (χ2n) is 2.76. The zero-order valence-corrected chi connectivity index (χ0v) is 7.83. The van der Waals surface area contributed by atoms with Gasteiger partial charge in [-0.3, -0.25) is 4.79 Å². The van der Waals surface area contributed by atoms with Crippen molar-refractivity contribution in [1.82, 2.24) is 0 Å². The predicted octanol–water partition coefficient (Wildman–Crippen LogP) is 1.69. The highest BCUT2D eigenvalue weighted by molar-refractivity contribution is 5.75. The molecule has 0 aliphatic heterocycles. The lowest BCUT2D eigenvalue weighted by Crippen LogP contribution is -2.14. The molecule has 1 unspecified atom stereocenters. The van der Waals surface area contributed by atoms with Crippen molar-refractivity contribution in [1.29, 1.82) is 0 Å². The van der Waals surface area contributed by atoms with Crippen molar-refractivity contribution in [3.8, 4) is 11.8 Å². The van der Waals surface area contributed by atoms with Crippen LogP contribution in [0.25, 0.3) is 0 Å². The van der Waals surface area contributed by atoms with Crippen LogP contribution in [0.5, 0.6) is 0 Å². The monoisotopic (exact) mass is 176 g/mol. The highest BCUT2D eigenvalue weighted by Crippen LogP contribution is 2.16. The molecule has 1 aliphatic rings. The number of ether oxygens (including phenoxy) is 1. The zero-order valence-electron chi connectivity index (χ0n) is 7.83. The van der Waals surface area contributed by atoms with Gasteiger partial charge in [0.1, 0.15) is 0 Å². The van der Waals surface area contributed by atoms with Crippen molar-refractivity contribution >= 4 is 5.97 Å². The second kappa shape index (κ2) is 4.51. The van der Waals surface area contributed by atoms with E-state index >= 15 is 0 Å². The summed E-state index contributed by atoms with van der Waals surface area (Å²) in [5.74, 6) is 5.43. The molecule has 68 valence electrons. The van der Waals surface area contributed by atoms with Gasteiger partial charge in [-0.05, 0) is 19.4 Å². The molecule has 0 bridgehead atoms. The van der Waals surface area contributed by atoms with E-state index in [-0.39, 0.29) is 11.9 Å². The summed E-state index contributed by atoms with van der Waals surface area (Å²) in [4.78, 5) is 11.1. The van der Waals surface area contributed by atoms with Crippen molar-refractivity contribution in [2.24, 2.45) is 5.92 Å². The summed E-state index contributed by atoms with van der Waals surface area (Å²) in [7, 11) is 1.40. The van der Waals surface area contributed by atoms with Crippen molar-refractivity contribution in [3.63, 3.8) is 0 Å². The summed E-state index contributed by atoms with van der Waals surface area (Å²) in [6, 6.07) is 0. The van der Waals surface area contributed by atoms with E-state index in [4.69, 9.17) is 0 Å². The van der Waals surface area contributed by atoms with Crippen molar-refractivity contribution in [3.05, 3.63) is 23.8 Å². The minimum absolute atomic E-state index is 0.132. The molecule has 0 aromatic carbocycles. The Labute approximate surface area is 78.3 Å². The van der Waals surface area contributed by atoms with E-state index in [1.807, 2.05) is 18.2 Å². The van der Waals surface area contributed by atoms with Crippen LogP contribution in [0.4, 0.5) is 0 Å². The van der Waals surface area contributed by atoms with E-state index in [0.29, 0.717) is 6.42 Å². The van der Waals surface area contributed by atoms with Crippen molar-refractivity contribution < 1.29 is 9.53 Å². The van der Waals surface area contributed by atoms with Gasteiger partial charge in [0.25, 0.3) is 0 Å². The minimum atomic E-state index is -0.184. The normalized spacial score (nSPS) is 19.8. The smallest absolute Gasteiger partial charge is 0.312 e. The van der Waals surface area contributed by atoms with Crippen LogP contribution in [-0.2, 0) is 9.53 Å². The molecule has 0 saturated carbocycles. The maximum Gasteiger partial charge on any atom is 0.312 e. The molecule has 0 amide bonds. The van der Waals surface area contributed by atoms with Gasteiger partial charge < -0.3 is 4.74 Å². The molecule has 0 saturated heterocycles.